The third-order valence-corrected chi connectivity index (χ3v) is 2.61. The van der Waals surface area contributed by atoms with Gasteiger partial charge in [-0.3, -0.25) is 0 Å². The molecule has 0 unspecified atom stereocenters. The number of halogens is 2. The summed E-state index contributed by atoms with van der Waals surface area (Å²) >= 11 is 11.2. The zero-order chi connectivity index (χ0) is 10.4. The molecule has 0 radical (unpaired) electrons. The van der Waals surface area contributed by atoms with Gasteiger partial charge in [0.2, 0.25) is 0 Å². The van der Waals surface area contributed by atoms with Crippen LogP contribution in [0.4, 0.5) is 0 Å². The van der Waals surface area contributed by atoms with E-state index in [2.05, 4.69) is 24.4 Å². The van der Waals surface area contributed by atoms with Crippen LogP contribution in [0.25, 0.3) is 0 Å². The van der Waals surface area contributed by atoms with Crippen LogP contribution in [0.3, 0.4) is 0 Å². The van der Waals surface area contributed by atoms with Gasteiger partial charge < -0.3 is 5.32 Å². The smallest absolute Gasteiger partial charge is 0.0432 e. The second-order valence-corrected chi connectivity index (χ2v) is 3.79. The lowest BCUT2D eigenvalue weighted by molar-refractivity contribution is 0.750. The van der Waals surface area contributed by atoms with E-state index < -0.39 is 0 Å². The Balaban J connectivity index is 2.43. The first kappa shape index (κ1) is 11.6. The molecule has 0 spiro atoms. The van der Waals surface area contributed by atoms with Crippen LogP contribution in [-0.4, -0.2) is 6.54 Å². The minimum atomic E-state index is 0.611. The van der Waals surface area contributed by atoms with Crippen molar-refractivity contribution in [2.24, 2.45) is 0 Å². The van der Waals surface area contributed by atoms with Gasteiger partial charge in [0.05, 0.1) is 0 Å². The predicted molar refractivity (Wildman–Crippen MR) is 62.7 cm³/mol. The molecular weight excluding hydrogens is 217 g/mol. The van der Waals surface area contributed by atoms with Crippen LogP contribution >= 0.6 is 23.2 Å². The van der Waals surface area contributed by atoms with Crippen LogP contribution in [0.1, 0.15) is 11.1 Å². The largest absolute Gasteiger partial charge is 0.308 e. The van der Waals surface area contributed by atoms with Gasteiger partial charge in [0, 0.05) is 23.7 Å². The summed E-state index contributed by atoms with van der Waals surface area (Å²) < 4.78 is 0. The topological polar surface area (TPSA) is 12.0 Å². The highest BCUT2D eigenvalue weighted by molar-refractivity contribution is 6.36. The lowest BCUT2D eigenvalue weighted by atomic mass is 10.1. The lowest BCUT2D eigenvalue weighted by Gasteiger charge is -2.06. The van der Waals surface area contributed by atoms with E-state index in [0.29, 0.717) is 11.6 Å². The molecule has 1 aromatic carbocycles. The van der Waals surface area contributed by atoms with Crippen LogP contribution < -0.4 is 5.32 Å². The van der Waals surface area contributed by atoms with Crippen molar-refractivity contribution in [3.63, 3.8) is 0 Å². The Kier molecular flexibility index (Phi) is 5.02. The molecule has 76 valence electrons. The first-order valence-electron chi connectivity index (χ1n) is 4.44. The van der Waals surface area contributed by atoms with Crippen molar-refractivity contribution in [1.82, 2.24) is 5.32 Å². The van der Waals surface area contributed by atoms with Crippen LogP contribution in [0.15, 0.2) is 34.8 Å². The predicted octanol–water partition coefficient (Wildman–Crippen LogP) is 3.40. The van der Waals surface area contributed by atoms with E-state index in [0.717, 1.165) is 6.54 Å². The Bertz CT molecular complexity index is 321. The zero-order valence-corrected chi connectivity index (χ0v) is 9.57. The van der Waals surface area contributed by atoms with Crippen LogP contribution in [0.2, 0.25) is 0 Å². The number of hydrogen-bond donors (Lipinski definition) is 1. The van der Waals surface area contributed by atoms with E-state index >= 15 is 0 Å². The third-order valence-electron chi connectivity index (χ3n) is 1.99. The molecule has 0 aliphatic heterocycles. The van der Waals surface area contributed by atoms with E-state index in [1.807, 2.05) is 12.1 Å². The Hall–Kier alpha value is -0.500. The summed E-state index contributed by atoms with van der Waals surface area (Å²) in [6.07, 6.45) is 0. The van der Waals surface area contributed by atoms with Gasteiger partial charge in [0.15, 0.2) is 0 Å². The van der Waals surface area contributed by atoms with E-state index in [-0.39, 0.29) is 0 Å². The van der Waals surface area contributed by atoms with Gasteiger partial charge in [0.1, 0.15) is 0 Å². The molecule has 3 heteroatoms. The molecule has 0 heterocycles. The van der Waals surface area contributed by atoms with Crippen LogP contribution in [0.5, 0.6) is 0 Å². The number of benzene rings is 1. The van der Waals surface area contributed by atoms with Crippen molar-refractivity contribution in [2.45, 2.75) is 13.5 Å². The average Bonchev–Trinajstić information content (AvgIpc) is 2.20. The average molecular weight is 230 g/mol. The van der Waals surface area contributed by atoms with Gasteiger partial charge >= 0.3 is 0 Å². The maximum atomic E-state index is 5.74. The highest BCUT2D eigenvalue weighted by Gasteiger charge is 1.96. The van der Waals surface area contributed by atoms with E-state index in [1.54, 1.807) is 0 Å². The second-order valence-electron chi connectivity index (χ2n) is 3.09. The quantitative estimate of drug-likeness (QED) is 0.835. The maximum absolute atomic E-state index is 5.74. The Morgan fingerprint density at radius 3 is 2.79 bits per heavy atom. The molecule has 1 rings (SSSR count). The van der Waals surface area contributed by atoms with Crippen LogP contribution in [0, 0.1) is 6.92 Å². The highest BCUT2D eigenvalue weighted by Crippen LogP contribution is 2.07. The standard InChI is InChI=1S/C11H13Cl2N/c1-9-4-2-3-5-10(9)7-14-8-11(13)6-12/h2-6,14H,7-8H2,1H3. The summed E-state index contributed by atoms with van der Waals surface area (Å²) in [4.78, 5) is 0. The van der Waals surface area contributed by atoms with Crippen molar-refractivity contribution < 1.29 is 0 Å². The number of rotatable bonds is 4. The summed E-state index contributed by atoms with van der Waals surface area (Å²) in [7, 11) is 0. The first-order chi connectivity index (χ1) is 6.74. The fourth-order valence-electron chi connectivity index (χ4n) is 1.16. The molecule has 1 aromatic rings. The van der Waals surface area contributed by atoms with Crippen molar-refractivity contribution >= 4 is 23.2 Å². The molecule has 0 saturated heterocycles. The van der Waals surface area contributed by atoms with Gasteiger partial charge in [-0.1, -0.05) is 47.5 Å². The number of hydrogen-bond acceptors (Lipinski definition) is 1. The van der Waals surface area contributed by atoms with E-state index in [1.165, 1.54) is 16.7 Å². The highest BCUT2D eigenvalue weighted by atomic mass is 35.5. The van der Waals surface area contributed by atoms with Gasteiger partial charge in [-0.2, -0.15) is 0 Å². The summed E-state index contributed by atoms with van der Waals surface area (Å²) in [5.74, 6) is 0. The molecule has 0 aliphatic rings. The minimum Gasteiger partial charge on any atom is -0.308 e. The zero-order valence-electron chi connectivity index (χ0n) is 8.06. The molecule has 0 amide bonds. The molecule has 0 aromatic heterocycles. The molecule has 0 fully saturated rings. The minimum absolute atomic E-state index is 0.611. The fraction of sp³-hybridized carbons (Fsp3) is 0.273. The van der Waals surface area contributed by atoms with Crippen molar-refractivity contribution in [3.05, 3.63) is 46.0 Å². The summed E-state index contributed by atoms with van der Waals surface area (Å²) in [5.41, 5.74) is 3.95. The summed E-state index contributed by atoms with van der Waals surface area (Å²) in [6, 6.07) is 8.25. The Labute approximate surface area is 94.7 Å². The molecule has 0 aliphatic carbocycles. The maximum Gasteiger partial charge on any atom is 0.0432 e. The van der Waals surface area contributed by atoms with Gasteiger partial charge in [-0.15, -0.1) is 0 Å². The molecule has 0 bridgehead atoms. The first-order valence-corrected chi connectivity index (χ1v) is 5.25. The van der Waals surface area contributed by atoms with Crippen molar-refractivity contribution in [2.75, 3.05) is 6.54 Å². The Morgan fingerprint density at radius 1 is 1.43 bits per heavy atom. The van der Waals surface area contributed by atoms with Gasteiger partial charge in [-0.05, 0) is 18.1 Å². The second kappa shape index (κ2) is 6.07. The number of aryl methyl sites for hydroxylation is 1. The lowest BCUT2D eigenvalue weighted by Crippen LogP contribution is -2.15. The monoisotopic (exact) mass is 229 g/mol. The molecule has 1 nitrogen and oxygen atoms in total. The van der Waals surface area contributed by atoms with Gasteiger partial charge in [0.25, 0.3) is 0 Å². The molecular formula is C11H13Cl2N. The van der Waals surface area contributed by atoms with Crippen molar-refractivity contribution in [1.29, 1.82) is 0 Å². The third kappa shape index (κ3) is 3.70. The fourth-order valence-corrected chi connectivity index (χ4v) is 1.34. The molecule has 0 saturated carbocycles. The van der Waals surface area contributed by atoms with E-state index in [4.69, 9.17) is 23.2 Å². The summed E-state index contributed by atoms with van der Waals surface area (Å²) in [5, 5.41) is 3.83. The van der Waals surface area contributed by atoms with Crippen molar-refractivity contribution in [3.8, 4) is 0 Å². The van der Waals surface area contributed by atoms with Crippen LogP contribution in [-0.2, 0) is 6.54 Å². The molecule has 14 heavy (non-hydrogen) atoms. The van der Waals surface area contributed by atoms with E-state index in [9.17, 15) is 0 Å². The number of nitrogens with one attached hydrogen (secondary N) is 1. The molecule has 0 atom stereocenters. The Morgan fingerprint density at radius 2 is 2.14 bits per heavy atom. The molecule has 1 N–H and O–H groups in total. The van der Waals surface area contributed by atoms with Gasteiger partial charge in [-0.25, -0.2) is 0 Å². The normalized spacial score (nSPS) is 11.8. The summed E-state index contributed by atoms with van der Waals surface area (Å²) in [6.45, 7) is 3.52. The SMILES string of the molecule is Cc1ccccc1CNCC(Cl)=CCl.